The van der Waals surface area contributed by atoms with E-state index in [1.807, 2.05) is 42.5 Å². The maximum atomic E-state index is 5.60. The number of hydrogen-bond donors (Lipinski definition) is 1. The molecule has 18 heavy (non-hydrogen) atoms. The van der Waals surface area contributed by atoms with Crippen molar-refractivity contribution in [2.75, 3.05) is 11.4 Å². The lowest BCUT2D eigenvalue weighted by Gasteiger charge is -2.23. The molecule has 0 aliphatic rings. The zero-order valence-electron chi connectivity index (χ0n) is 10.3. The van der Waals surface area contributed by atoms with E-state index in [1.165, 1.54) is 5.69 Å². The van der Waals surface area contributed by atoms with Crippen molar-refractivity contribution >= 4 is 28.6 Å². The first kappa shape index (κ1) is 12.6. The van der Waals surface area contributed by atoms with Gasteiger partial charge in [-0.05, 0) is 43.3 Å². The van der Waals surface area contributed by atoms with Crippen LogP contribution in [0.15, 0.2) is 54.6 Å². The molecular weight excluding hydrogens is 240 g/mol. The van der Waals surface area contributed by atoms with Crippen LogP contribution in [0.25, 0.3) is 0 Å². The minimum absolute atomic E-state index is 0.435. The van der Waals surface area contributed by atoms with Gasteiger partial charge in [-0.1, -0.05) is 30.4 Å². The second-order valence-corrected chi connectivity index (χ2v) is 4.43. The maximum Gasteiger partial charge on any atom is 0.103 e. The van der Waals surface area contributed by atoms with Crippen molar-refractivity contribution in [2.24, 2.45) is 5.73 Å². The molecule has 0 fully saturated rings. The molecule has 0 saturated heterocycles. The summed E-state index contributed by atoms with van der Waals surface area (Å²) in [4.78, 5) is 2.67. The lowest BCUT2D eigenvalue weighted by atomic mass is 10.2. The van der Waals surface area contributed by atoms with Crippen LogP contribution in [-0.2, 0) is 0 Å². The molecule has 2 nitrogen and oxygen atoms in total. The van der Waals surface area contributed by atoms with Crippen molar-refractivity contribution in [3.63, 3.8) is 0 Å². The molecule has 0 heterocycles. The van der Waals surface area contributed by atoms with Gasteiger partial charge in [0.2, 0.25) is 0 Å². The summed E-state index contributed by atoms with van der Waals surface area (Å²) in [6.45, 7) is 3.05. The van der Waals surface area contributed by atoms with Gasteiger partial charge in [0.15, 0.2) is 0 Å². The van der Waals surface area contributed by atoms with Crippen LogP contribution >= 0.6 is 12.2 Å². The fourth-order valence-electron chi connectivity index (χ4n) is 1.93. The van der Waals surface area contributed by atoms with E-state index in [0.29, 0.717) is 4.99 Å². The molecule has 0 bridgehead atoms. The summed E-state index contributed by atoms with van der Waals surface area (Å²) < 4.78 is 0. The third-order valence-electron chi connectivity index (χ3n) is 2.85. The van der Waals surface area contributed by atoms with Gasteiger partial charge in [0, 0.05) is 23.5 Å². The zero-order chi connectivity index (χ0) is 13.0. The molecule has 0 aromatic heterocycles. The van der Waals surface area contributed by atoms with Gasteiger partial charge in [-0.25, -0.2) is 0 Å². The van der Waals surface area contributed by atoms with E-state index in [1.54, 1.807) is 0 Å². The molecule has 0 saturated carbocycles. The number of anilines is 2. The number of benzene rings is 2. The molecule has 2 N–H and O–H groups in total. The Kier molecular flexibility index (Phi) is 3.95. The summed E-state index contributed by atoms with van der Waals surface area (Å²) in [6, 6.07) is 18.3. The summed E-state index contributed by atoms with van der Waals surface area (Å²) >= 11 is 4.96. The summed E-state index contributed by atoms with van der Waals surface area (Å²) in [6.07, 6.45) is 0. The molecule has 0 unspecified atom stereocenters. The molecule has 0 aliphatic carbocycles. The largest absolute Gasteiger partial charge is 0.389 e. The predicted molar refractivity (Wildman–Crippen MR) is 81.5 cm³/mol. The van der Waals surface area contributed by atoms with Gasteiger partial charge < -0.3 is 10.6 Å². The lowest BCUT2D eigenvalue weighted by molar-refractivity contribution is 1.02. The molecule has 0 amide bonds. The molecule has 0 spiro atoms. The van der Waals surface area contributed by atoms with Crippen LogP contribution < -0.4 is 10.6 Å². The van der Waals surface area contributed by atoms with Crippen LogP contribution in [0.4, 0.5) is 11.4 Å². The van der Waals surface area contributed by atoms with E-state index in [9.17, 15) is 0 Å². The Balaban J connectivity index is 2.31. The average Bonchev–Trinajstić information content (AvgIpc) is 2.41. The van der Waals surface area contributed by atoms with Gasteiger partial charge in [-0.3, -0.25) is 0 Å². The second kappa shape index (κ2) is 5.65. The first-order valence-electron chi connectivity index (χ1n) is 5.95. The first-order valence-corrected chi connectivity index (χ1v) is 6.35. The Bertz CT molecular complexity index is 520. The van der Waals surface area contributed by atoms with Crippen molar-refractivity contribution < 1.29 is 0 Å². The number of para-hydroxylation sites is 1. The summed E-state index contributed by atoms with van der Waals surface area (Å²) in [5, 5.41) is 0. The fourth-order valence-corrected chi connectivity index (χ4v) is 2.06. The predicted octanol–water partition coefficient (Wildman–Crippen LogP) is 3.48. The third kappa shape index (κ3) is 2.68. The molecule has 0 atom stereocenters. The molecule has 2 aromatic carbocycles. The molecule has 3 heteroatoms. The highest BCUT2D eigenvalue weighted by Crippen LogP contribution is 2.24. The standard InChI is InChI=1S/C15H16N2S/c1-2-17(13-6-4-3-5-7-13)14-10-8-12(9-11-14)15(16)18/h3-11H,2H2,1H3,(H2,16,18). The van der Waals surface area contributed by atoms with Crippen LogP contribution in [0.1, 0.15) is 12.5 Å². The van der Waals surface area contributed by atoms with E-state index >= 15 is 0 Å². The number of nitrogens with two attached hydrogens (primary N) is 1. The number of hydrogen-bond acceptors (Lipinski definition) is 2. The minimum atomic E-state index is 0.435. The quantitative estimate of drug-likeness (QED) is 0.849. The van der Waals surface area contributed by atoms with E-state index in [0.717, 1.165) is 17.8 Å². The van der Waals surface area contributed by atoms with Gasteiger partial charge in [0.1, 0.15) is 4.99 Å². The molecule has 2 aromatic rings. The van der Waals surface area contributed by atoms with Gasteiger partial charge in [0.25, 0.3) is 0 Å². The van der Waals surface area contributed by atoms with Crippen LogP contribution in [-0.4, -0.2) is 11.5 Å². The third-order valence-corrected chi connectivity index (χ3v) is 3.08. The first-order chi connectivity index (χ1) is 8.72. The Morgan fingerprint density at radius 3 is 2.06 bits per heavy atom. The van der Waals surface area contributed by atoms with Gasteiger partial charge in [0.05, 0.1) is 0 Å². The fraction of sp³-hybridized carbons (Fsp3) is 0.133. The molecule has 0 radical (unpaired) electrons. The molecule has 0 aliphatic heterocycles. The van der Waals surface area contributed by atoms with Crippen LogP contribution in [0.5, 0.6) is 0 Å². The van der Waals surface area contributed by atoms with Crippen molar-refractivity contribution in [2.45, 2.75) is 6.92 Å². The van der Waals surface area contributed by atoms with Gasteiger partial charge in [-0.15, -0.1) is 0 Å². The van der Waals surface area contributed by atoms with Crippen LogP contribution in [0.3, 0.4) is 0 Å². The number of thiocarbonyl (C=S) groups is 1. The van der Waals surface area contributed by atoms with Crippen molar-refractivity contribution in [3.05, 3.63) is 60.2 Å². The molecular formula is C15H16N2S. The van der Waals surface area contributed by atoms with E-state index in [-0.39, 0.29) is 0 Å². The minimum Gasteiger partial charge on any atom is -0.389 e. The van der Waals surface area contributed by atoms with E-state index < -0.39 is 0 Å². The Hall–Kier alpha value is -1.87. The van der Waals surface area contributed by atoms with Crippen LogP contribution in [0, 0.1) is 0 Å². The van der Waals surface area contributed by atoms with Crippen molar-refractivity contribution in [1.29, 1.82) is 0 Å². The Morgan fingerprint density at radius 1 is 1.00 bits per heavy atom. The van der Waals surface area contributed by atoms with E-state index in [2.05, 4.69) is 24.0 Å². The maximum absolute atomic E-state index is 5.60. The van der Waals surface area contributed by atoms with Crippen LogP contribution in [0.2, 0.25) is 0 Å². The Labute approximate surface area is 113 Å². The number of rotatable bonds is 4. The smallest absolute Gasteiger partial charge is 0.103 e. The lowest BCUT2D eigenvalue weighted by Crippen LogP contribution is -2.16. The summed E-state index contributed by atoms with van der Waals surface area (Å²) in [5.74, 6) is 0. The monoisotopic (exact) mass is 256 g/mol. The number of nitrogens with zero attached hydrogens (tertiary/aromatic N) is 1. The SMILES string of the molecule is CCN(c1ccccc1)c1ccc(C(N)=S)cc1. The van der Waals surface area contributed by atoms with Gasteiger partial charge >= 0.3 is 0 Å². The highest BCUT2D eigenvalue weighted by molar-refractivity contribution is 7.80. The normalized spacial score (nSPS) is 10.1. The zero-order valence-corrected chi connectivity index (χ0v) is 11.2. The average molecular weight is 256 g/mol. The topological polar surface area (TPSA) is 29.3 Å². The highest BCUT2D eigenvalue weighted by Gasteiger charge is 2.06. The highest BCUT2D eigenvalue weighted by atomic mass is 32.1. The molecule has 2 rings (SSSR count). The van der Waals surface area contributed by atoms with Crippen molar-refractivity contribution in [1.82, 2.24) is 0 Å². The molecule has 92 valence electrons. The van der Waals surface area contributed by atoms with E-state index in [4.69, 9.17) is 18.0 Å². The summed E-state index contributed by atoms with van der Waals surface area (Å²) in [7, 11) is 0. The van der Waals surface area contributed by atoms with Gasteiger partial charge in [-0.2, -0.15) is 0 Å². The van der Waals surface area contributed by atoms with Crippen molar-refractivity contribution in [3.8, 4) is 0 Å². The Morgan fingerprint density at radius 2 is 1.56 bits per heavy atom. The second-order valence-electron chi connectivity index (χ2n) is 3.99. The summed E-state index contributed by atoms with van der Waals surface area (Å²) in [5.41, 5.74) is 8.83.